The number of hydrogen-bond acceptors (Lipinski definition) is 4. The summed E-state index contributed by atoms with van der Waals surface area (Å²) in [6.07, 6.45) is 0.0752. The Morgan fingerprint density at radius 3 is 2.65 bits per heavy atom. The van der Waals surface area contributed by atoms with E-state index in [0.29, 0.717) is 17.5 Å². The molecule has 1 aromatic carbocycles. The first-order chi connectivity index (χ1) is 9.25. The van der Waals surface area contributed by atoms with E-state index in [0.717, 1.165) is 0 Å². The predicted molar refractivity (Wildman–Crippen MR) is 73.5 cm³/mol. The van der Waals surface area contributed by atoms with Gasteiger partial charge in [-0.15, -0.1) is 0 Å². The first-order valence-corrected chi connectivity index (χ1v) is 6.48. The van der Waals surface area contributed by atoms with Gasteiger partial charge in [0.15, 0.2) is 0 Å². The van der Waals surface area contributed by atoms with Crippen LogP contribution in [0.3, 0.4) is 0 Å². The second-order valence-corrected chi connectivity index (χ2v) is 5.81. The minimum absolute atomic E-state index is 0.0643. The van der Waals surface area contributed by atoms with Crippen molar-refractivity contribution in [2.45, 2.75) is 39.3 Å². The molecule has 2 atom stereocenters. The zero-order chi connectivity index (χ0) is 15.1. The number of aliphatic hydroxyl groups excluding tert-OH is 1. The highest BCUT2D eigenvalue weighted by atomic mass is 16.6. The molecule has 0 bridgehead atoms. The topological polar surface area (TPSA) is 92.5 Å². The van der Waals surface area contributed by atoms with E-state index in [9.17, 15) is 20.0 Å². The van der Waals surface area contributed by atoms with Crippen molar-refractivity contribution in [1.29, 1.82) is 0 Å². The average Bonchev–Trinajstić information content (AvgIpc) is 2.38. The fraction of sp³-hybridized carbons (Fsp3) is 0.500. The monoisotopic (exact) mass is 278 g/mol. The highest BCUT2D eigenvalue weighted by Crippen LogP contribution is 2.40. The summed E-state index contributed by atoms with van der Waals surface area (Å²) in [6, 6.07) is 4.33. The van der Waals surface area contributed by atoms with Crippen molar-refractivity contribution in [1.82, 2.24) is 5.32 Å². The molecular formula is C14H18N2O4. The average molecular weight is 278 g/mol. The molecule has 1 amide bonds. The Kier molecular flexibility index (Phi) is 3.52. The van der Waals surface area contributed by atoms with E-state index in [-0.39, 0.29) is 23.1 Å². The molecule has 0 radical (unpaired) electrons. The predicted octanol–water partition coefficient (Wildman–Crippen LogP) is 1.79. The Bertz CT molecular complexity index is 568. The maximum Gasteiger partial charge on any atom is 0.273 e. The summed E-state index contributed by atoms with van der Waals surface area (Å²) in [4.78, 5) is 22.6. The van der Waals surface area contributed by atoms with Crippen LogP contribution in [0.25, 0.3) is 0 Å². The van der Waals surface area contributed by atoms with Crippen LogP contribution in [0.5, 0.6) is 0 Å². The van der Waals surface area contributed by atoms with Crippen LogP contribution in [0, 0.1) is 22.5 Å². The van der Waals surface area contributed by atoms with Crippen molar-refractivity contribution < 1.29 is 14.8 Å². The quantitative estimate of drug-likeness (QED) is 0.651. The third-order valence-corrected chi connectivity index (χ3v) is 4.27. The maximum atomic E-state index is 12.2. The van der Waals surface area contributed by atoms with Crippen molar-refractivity contribution >= 4 is 11.6 Å². The lowest BCUT2D eigenvalue weighted by Crippen LogP contribution is -2.61. The number of nitro groups is 1. The summed E-state index contributed by atoms with van der Waals surface area (Å²) in [7, 11) is 0. The number of amides is 1. The maximum absolute atomic E-state index is 12.2. The largest absolute Gasteiger partial charge is 0.392 e. The molecule has 1 aromatic rings. The Morgan fingerprint density at radius 1 is 1.50 bits per heavy atom. The summed E-state index contributed by atoms with van der Waals surface area (Å²) in [6.45, 7) is 5.33. The van der Waals surface area contributed by atoms with Gasteiger partial charge in [0.25, 0.3) is 11.6 Å². The van der Waals surface area contributed by atoms with E-state index >= 15 is 0 Å². The number of nitrogens with one attached hydrogen (secondary N) is 1. The fourth-order valence-corrected chi connectivity index (χ4v) is 2.45. The molecule has 6 heteroatoms. The summed E-state index contributed by atoms with van der Waals surface area (Å²) in [5, 5.41) is 23.4. The van der Waals surface area contributed by atoms with Gasteiger partial charge in [0, 0.05) is 28.7 Å². The van der Waals surface area contributed by atoms with E-state index in [4.69, 9.17) is 0 Å². The van der Waals surface area contributed by atoms with Crippen LogP contribution < -0.4 is 5.32 Å². The number of carbonyl (C=O) groups is 1. The van der Waals surface area contributed by atoms with Gasteiger partial charge in [-0.1, -0.05) is 19.9 Å². The van der Waals surface area contributed by atoms with Crippen molar-refractivity contribution in [3.8, 4) is 0 Å². The van der Waals surface area contributed by atoms with E-state index in [1.165, 1.54) is 12.1 Å². The molecule has 1 fully saturated rings. The minimum Gasteiger partial charge on any atom is -0.392 e. The number of aliphatic hydroxyl groups is 1. The molecule has 2 unspecified atom stereocenters. The Hall–Kier alpha value is -1.95. The molecule has 6 nitrogen and oxygen atoms in total. The molecule has 1 saturated carbocycles. The standard InChI is InChI=1S/C14H18N2O4/c1-8-9(5-4-6-10(8)16(19)20)13(18)15-11-7-12(17)14(11,2)3/h4-6,11-12,17H,7H2,1-3H3,(H,15,18). The minimum atomic E-state index is -0.497. The number of nitrogens with zero attached hydrogens (tertiary/aromatic N) is 1. The number of nitro benzene ring substituents is 1. The van der Waals surface area contributed by atoms with Gasteiger partial charge in [-0.2, -0.15) is 0 Å². The van der Waals surface area contributed by atoms with Crippen LogP contribution in [0.1, 0.15) is 36.2 Å². The van der Waals surface area contributed by atoms with Gasteiger partial charge >= 0.3 is 0 Å². The van der Waals surface area contributed by atoms with Crippen molar-refractivity contribution in [2.75, 3.05) is 0 Å². The van der Waals surface area contributed by atoms with Crippen LogP contribution in [0.4, 0.5) is 5.69 Å². The number of hydrogen-bond donors (Lipinski definition) is 2. The van der Waals surface area contributed by atoms with Crippen molar-refractivity contribution in [3.63, 3.8) is 0 Å². The molecule has 1 aliphatic rings. The van der Waals surface area contributed by atoms with Crippen LogP contribution in [0.15, 0.2) is 18.2 Å². The van der Waals surface area contributed by atoms with Gasteiger partial charge < -0.3 is 10.4 Å². The van der Waals surface area contributed by atoms with Crippen LogP contribution >= 0.6 is 0 Å². The first kappa shape index (κ1) is 14.5. The summed E-state index contributed by atoms with van der Waals surface area (Å²) in [5.74, 6) is -0.337. The highest BCUT2D eigenvalue weighted by molar-refractivity contribution is 5.96. The van der Waals surface area contributed by atoms with Gasteiger partial charge in [0.05, 0.1) is 11.0 Å². The molecule has 0 aromatic heterocycles. The zero-order valence-electron chi connectivity index (χ0n) is 11.7. The van der Waals surface area contributed by atoms with Crippen LogP contribution in [-0.2, 0) is 0 Å². The molecule has 0 aliphatic heterocycles. The van der Waals surface area contributed by atoms with Crippen LogP contribution in [0.2, 0.25) is 0 Å². The molecule has 0 heterocycles. The van der Waals surface area contributed by atoms with Crippen molar-refractivity contribution in [2.24, 2.45) is 5.41 Å². The second kappa shape index (κ2) is 4.86. The molecule has 0 saturated heterocycles. The fourth-order valence-electron chi connectivity index (χ4n) is 2.45. The van der Waals surface area contributed by atoms with Gasteiger partial charge in [-0.25, -0.2) is 0 Å². The van der Waals surface area contributed by atoms with E-state index in [2.05, 4.69) is 5.32 Å². The Labute approximate surface area is 117 Å². The molecular weight excluding hydrogens is 260 g/mol. The second-order valence-electron chi connectivity index (χ2n) is 5.81. The lowest BCUT2D eigenvalue weighted by atomic mass is 9.64. The SMILES string of the molecule is Cc1c(C(=O)NC2CC(O)C2(C)C)cccc1[N+](=O)[O-]. The van der Waals surface area contributed by atoms with Crippen molar-refractivity contribution in [3.05, 3.63) is 39.4 Å². The third-order valence-electron chi connectivity index (χ3n) is 4.27. The summed E-state index contributed by atoms with van der Waals surface area (Å²) >= 11 is 0. The number of benzene rings is 1. The Balaban J connectivity index is 2.19. The lowest BCUT2D eigenvalue weighted by molar-refractivity contribution is -0.385. The molecule has 20 heavy (non-hydrogen) atoms. The lowest BCUT2D eigenvalue weighted by Gasteiger charge is -2.49. The normalized spacial score (nSPS) is 23.8. The first-order valence-electron chi connectivity index (χ1n) is 6.48. The highest BCUT2D eigenvalue weighted by Gasteiger charge is 2.48. The summed E-state index contributed by atoms with van der Waals surface area (Å²) in [5.41, 5.74) is 0.221. The van der Waals surface area contributed by atoms with Gasteiger partial charge in [-0.3, -0.25) is 14.9 Å². The number of rotatable bonds is 3. The van der Waals surface area contributed by atoms with Gasteiger partial charge in [0.2, 0.25) is 0 Å². The van der Waals surface area contributed by atoms with E-state index in [1.54, 1.807) is 13.0 Å². The van der Waals surface area contributed by atoms with Crippen LogP contribution in [-0.4, -0.2) is 28.1 Å². The number of carbonyl (C=O) groups excluding carboxylic acids is 1. The van der Waals surface area contributed by atoms with E-state index < -0.39 is 11.0 Å². The zero-order valence-corrected chi connectivity index (χ0v) is 11.7. The molecule has 2 rings (SSSR count). The molecule has 0 spiro atoms. The molecule has 2 N–H and O–H groups in total. The van der Waals surface area contributed by atoms with Gasteiger partial charge in [0.1, 0.15) is 0 Å². The third kappa shape index (κ3) is 2.27. The Morgan fingerprint density at radius 2 is 2.15 bits per heavy atom. The van der Waals surface area contributed by atoms with E-state index in [1.807, 2.05) is 13.8 Å². The molecule has 108 valence electrons. The summed E-state index contributed by atoms with van der Waals surface area (Å²) < 4.78 is 0. The smallest absolute Gasteiger partial charge is 0.273 e. The molecule has 1 aliphatic carbocycles. The van der Waals surface area contributed by atoms with Gasteiger partial charge in [-0.05, 0) is 19.4 Å².